The first-order chi connectivity index (χ1) is 10.0. The lowest BCUT2D eigenvalue weighted by molar-refractivity contribution is -0.595. The van der Waals surface area contributed by atoms with E-state index in [1.807, 2.05) is 41.5 Å². The van der Waals surface area contributed by atoms with Crippen LogP contribution in [0.4, 0.5) is 0 Å². The predicted octanol–water partition coefficient (Wildman–Crippen LogP) is 3.39. The lowest BCUT2D eigenvalue weighted by Crippen LogP contribution is -2.30. The van der Waals surface area contributed by atoms with Crippen molar-refractivity contribution in [1.29, 1.82) is 0 Å². The zero-order valence-corrected chi connectivity index (χ0v) is 13.6. The van der Waals surface area contributed by atoms with E-state index in [0.717, 1.165) is 11.1 Å². The molecular formula is C16H20O6. The van der Waals surface area contributed by atoms with E-state index in [0.29, 0.717) is 11.1 Å². The molecule has 1 aromatic rings. The van der Waals surface area contributed by atoms with Gasteiger partial charge in [0.05, 0.1) is 11.1 Å². The Labute approximate surface area is 129 Å². The van der Waals surface area contributed by atoms with Gasteiger partial charge in [-0.3, -0.25) is 9.78 Å². The summed E-state index contributed by atoms with van der Waals surface area (Å²) < 4.78 is 0. The fourth-order valence-electron chi connectivity index (χ4n) is 2.68. The van der Waals surface area contributed by atoms with Crippen LogP contribution in [0.3, 0.4) is 0 Å². The zero-order valence-electron chi connectivity index (χ0n) is 13.6. The minimum Gasteiger partial charge on any atom is -0.260 e. The van der Waals surface area contributed by atoms with Gasteiger partial charge in [-0.1, -0.05) is 41.5 Å². The fraction of sp³-hybridized carbons (Fsp3) is 0.500. The van der Waals surface area contributed by atoms with Crippen molar-refractivity contribution in [2.45, 2.75) is 52.4 Å². The molecule has 2 aliphatic rings. The van der Waals surface area contributed by atoms with E-state index in [4.69, 9.17) is 0 Å². The maximum atomic E-state index is 12.2. The Bertz CT molecular complexity index is 564. The molecule has 3 rings (SSSR count). The summed E-state index contributed by atoms with van der Waals surface area (Å²) in [5, 5.41) is 8.29. The predicted molar refractivity (Wildman–Crippen MR) is 76.8 cm³/mol. The van der Waals surface area contributed by atoms with Gasteiger partial charge >= 0.3 is 11.9 Å². The maximum absolute atomic E-state index is 12.2. The van der Waals surface area contributed by atoms with Crippen molar-refractivity contribution in [1.82, 2.24) is 0 Å². The van der Waals surface area contributed by atoms with Gasteiger partial charge in [-0.2, -0.15) is 0 Å². The van der Waals surface area contributed by atoms with Crippen LogP contribution in [0, 0.1) is 0 Å². The summed E-state index contributed by atoms with van der Waals surface area (Å²) in [6.45, 7) is 11.8. The molecule has 1 aromatic carbocycles. The van der Waals surface area contributed by atoms with Crippen molar-refractivity contribution < 1.29 is 29.4 Å². The summed E-state index contributed by atoms with van der Waals surface area (Å²) >= 11 is 0. The second kappa shape index (κ2) is 5.37. The van der Waals surface area contributed by atoms with Crippen LogP contribution in [0.25, 0.3) is 0 Å². The standard InChI is InChI=1S/C16H20O6/c1-15(2,3)11-9-7-8-10(12(11)16(4,5)6)14(18)20-22-21-19-13(9)17/h7-8H,1-6H3. The molecule has 0 N–H and O–H groups in total. The largest absolute Gasteiger partial charge is 0.376 e. The topological polar surface area (TPSA) is 71.1 Å². The van der Waals surface area contributed by atoms with Crippen LogP contribution in [-0.2, 0) is 30.7 Å². The van der Waals surface area contributed by atoms with Crippen molar-refractivity contribution >= 4 is 11.9 Å². The van der Waals surface area contributed by atoms with Crippen molar-refractivity contribution in [2.24, 2.45) is 0 Å². The molecule has 120 valence electrons. The molecule has 22 heavy (non-hydrogen) atoms. The number of rotatable bonds is 0. The molecule has 2 bridgehead atoms. The lowest BCUT2D eigenvalue weighted by atomic mass is 9.71. The number of carbonyl (C=O) groups excluding carboxylic acids is 2. The minimum atomic E-state index is -0.708. The molecule has 6 heteroatoms. The summed E-state index contributed by atoms with van der Waals surface area (Å²) in [4.78, 5) is 33.4. The Morgan fingerprint density at radius 2 is 1.00 bits per heavy atom. The van der Waals surface area contributed by atoms with Gasteiger partial charge in [0.15, 0.2) is 0 Å². The van der Waals surface area contributed by atoms with Gasteiger partial charge in [-0.05, 0) is 34.1 Å². The average Bonchev–Trinajstić information content (AvgIpc) is 2.39. The Hall–Kier alpha value is -1.92. The van der Waals surface area contributed by atoms with Crippen molar-refractivity contribution in [2.75, 3.05) is 0 Å². The second-order valence-corrected chi connectivity index (χ2v) is 7.29. The zero-order chi connectivity index (χ0) is 16.7. The smallest absolute Gasteiger partial charge is 0.260 e. The Morgan fingerprint density at radius 1 is 0.682 bits per heavy atom. The third kappa shape index (κ3) is 2.98. The summed E-state index contributed by atoms with van der Waals surface area (Å²) in [5.41, 5.74) is 1.33. The Morgan fingerprint density at radius 3 is 1.27 bits per heavy atom. The van der Waals surface area contributed by atoms with Gasteiger partial charge in [-0.25, -0.2) is 9.59 Å². The molecule has 2 heterocycles. The van der Waals surface area contributed by atoms with Crippen molar-refractivity contribution in [3.8, 4) is 0 Å². The molecule has 0 unspecified atom stereocenters. The summed E-state index contributed by atoms with van der Waals surface area (Å²) in [6.07, 6.45) is 0. The summed E-state index contributed by atoms with van der Waals surface area (Å²) in [7, 11) is 0. The maximum Gasteiger partial charge on any atom is 0.376 e. The first-order valence-corrected chi connectivity index (χ1v) is 6.98. The quantitative estimate of drug-likeness (QED) is 0.684. The van der Waals surface area contributed by atoms with Crippen LogP contribution >= 0.6 is 0 Å². The number of benzene rings is 1. The highest BCUT2D eigenvalue weighted by atomic mass is 17.7. The van der Waals surface area contributed by atoms with E-state index in [1.54, 1.807) is 12.1 Å². The molecule has 0 spiro atoms. The van der Waals surface area contributed by atoms with Crippen LogP contribution in [0.1, 0.15) is 73.4 Å². The summed E-state index contributed by atoms with van der Waals surface area (Å²) in [5.74, 6) is -1.42. The average molecular weight is 308 g/mol. The van der Waals surface area contributed by atoms with E-state index >= 15 is 0 Å². The van der Waals surface area contributed by atoms with E-state index < -0.39 is 22.8 Å². The van der Waals surface area contributed by atoms with Gasteiger partial charge in [0.2, 0.25) is 0 Å². The molecule has 0 fully saturated rings. The van der Waals surface area contributed by atoms with E-state index in [2.05, 4.69) is 19.9 Å². The highest BCUT2D eigenvalue weighted by Gasteiger charge is 2.36. The number of hydrogen-bond acceptors (Lipinski definition) is 6. The minimum absolute atomic E-state index is 0.333. The molecule has 0 saturated carbocycles. The van der Waals surface area contributed by atoms with Gasteiger partial charge in [0.25, 0.3) is 0 Å². The normalized spacial score (nSPS) is 16.3. The first kappa shape index (κ1) is 16.5. The van der Waals surface area contributed by atoms with Crippen LogP contribution in [-0.4, -0.2) is 11.9 Å². The number of hydrogen-bond donors (Lipinski definition) is 0. The Kier molecular flexibility index (Phi) is 4.02. The molecule has 0 radical (unpaired) electrons. The van der Waals surface area contributed by atoms with Gasteiger partial charge < -0.3 is 0 Å². The molecule has 0 atom stereocenters. The van der Waals surface area contributed by atoms with Crippen LogP contribution in [0.2, 0.25) is 0 Å². The van der Waals surface area contributed by atoms with E-state index in [-0.39, 0.29) is 0 Å². The molecule has 0 saturated heterocycles. The SMILES string of the molecule is CC(C)(C)c1c2ccc(c1C(C)(C)C)C(=O)OOOOC2=O. The van der Waals surface area contributed by atoms with Crippen LogP contribution < -0.4 is 0 Å². The van der Waals surface area contributed by atoms with Crippen LogP contribution in [0.5, 0.6) is 0 Å². The highest BCUT2D eigenvalue weighted by molar-refractivity contribution is 5.97. The molecule has 2 aliphatic heterocycles. The van der Waals surface area contributed by atoms with Crippen molar-refractivity contribution in [3.63, 3.8) is 0 Å². The molecule has 0 amide bonds. The highest BCUT2D eigenvalue weighted by Crippen LogP contribution is 2.39. The number of fused-ring (bicyclic) bond motifs is 7. The van der Waals surface area contributed by atoms with Gasteiger partial charge in [0, 0.05) is 10.1 Å². The first-order valence-electron chi connectivity index (χ1n) is 6.98. The van der Waals surface area contributed by atoms with Gasteiger partial charge in [-0.15, -0.1) is 0 Å². The summed E-state index contributed by atoms with van der Waals surface area (Å²) in [6, 6.07) is 3.09. The monoisotopic (exact) mass is 308 g/mol. The van der Waals surface area contributed by atoms with E-state index in [9.17, 15) is 9.59 Å². The second-order valence-electron chi connectivity index (χ2n) is 7.29. The van der Waals surface area contributed by atoms with Gasteiger partial charge in [0.1, 0.15) is 0 Å². The number of carbonyl (C=O) groups is 2. The van der Waals surface area contributed by atoms with E-state index in [1.165, 1.54) is 0 Å². The van der Waals surface area contributed by atoms with Crippen LogP contribution in [0.15, 0.2) is 12.1 Å². The molecule has 0 aliphatic carbocycles. The molecule has 0 aromatic heterocycles. The fourth-order valence-corrected chi connectivity index (χ4v) is 2.68. The molecule has 6 nitrogen and oxygen atoms in total. The third-order valence-electron chi connectivity index (χ3n) is 3.39. The third-order valence-corrected chi connectivity index (χ3v) is 3.39. The Balaban J connectivity index is 2.90. The van der Waals surface area contributed by atoms with Crippen molar-refractivity contribution in [3.05, 3.63) is 34.4 Å². The lowest BCUT2D eigenvalue weighted by Gasteiger charge is -2.33. The molecular weight excluding hydrogens is 288 g/mol.